The van der Waals surface area contributed by atoms with Gasteiger partial charge in [0.25, 0.3) is 5.91 Å². The maximum Gasteiger partial charge on any atom is 0.417 e. The molecule has 0 spiro atoms. The van der Waals surface area contributed by atoms with E-state index in [1.807, 2.05) is 13.8 Å². The maximum atomic E-state index is 12.8. The first-order valence-corrected chi connectivity index (χ1v) is 7.71. The van der Waals surface area contributed by atoms with Crippen molar-refractivity contribution >= 4 is 33.4 Å². The highest BCUT2D eigenvalue weighted by atomic mass is 79.9. The lowest BCUT2D eigenvalue weighted by Crippen LogP contribution is -2.45. The topological polar surface area (TPSA) is 29.1 Å². The number of rotatable bonds is 5. The third-order valence-corrected chi connectivity index (χ3v) is 4.26. The summed E-state index contributed by atoms with van der Waals surface area (Å²) in [6.45, 7) is 3.70. The molecule has 1 N–H and O–H groups in total. The maximum absolute atomic E-state index is 12.8. The third-order valence-electron chi connectivity index (χ3n) is 3.38. The minimum atomic E-state index is -4.51. The van der Waals surface area contributed by atoms with Gasteiger partial charge in [-0.15, -0.1) is 11.6 Å². The highest BCUT2D eigenvalue weighted by molar-refractivity contribution is 9.10. The van der Waals surface area contributed by atoms with Gasteiger partial charge in [0.1, 0.15) is 0 Å². The van der Waals surface area contributed by atoms with Crippen LogP contribution in [0.3, 0.4) is 0 Å². The lowest BCUT2D eigenvalue weighted by Gasteiger charge is -2.29. The van der Waals surface area contributed by atoms with E-state index in [9.17, 15) is 18.0 Å². The van der Waals surface area contributed by atoms with Gasteiger partial charge in [-0.05, 0) is 38.0 Å². The van der Waals surface area contributed by atoms with Gasteiger partial charge in [0.15, 0.2) is 0 Å². The van der Waals surface area contributed by atoms with Gasteiger partial charge in [-0.2, -0.15) is 13.2 Å². The van der Waals surface area contributed by atoms with Crippen LogP contribution < -0.4 is 5.32 Å². The van der Waals surface area contributed by atoms with E-state index in [-0.39, 0.29) is 10.0 Å². The van der Waals surface area contributed by atoms with Crippen molar-refractivity contribution in [3.8, 4) is 0 Å². The minimum absolute atomic E-state index is 0.0280. The molecule has 1 aromatic carbocycles. The Morgan fingerprint density at radius 2 is 2.00 bits per heavy atom. The number of hydrogen-bond acceptors (Lipinski definition) is 1. The Morgan fingerprint density at radius 1 is 1.38 bits per heavy atom. The highest BCUT2D eigenvalue weighted by Crippen LogP contribution is 2.35. The van der Waals surface area contributed by atoms with Crippen molar-refractivity contribution in [2.75, 3.05) is 5.88 Å². The van der Waals surface area contributed by atoms with Gasteiger partial charge in [0, 0.05) is 21.5 Å². The van der Waals surface area contributed by atoms with Crippen LogP contribution in [0.2, 0.25) is 0 Å². The first kappa shape index (κ1) is 18.3. The van der Waals surface area contributed by atoms with Crippen molar-refractivity contribution in [2.24, 2.45) is 0 Å². The second kappa shape index (κ2) is 7.01. The van der Waals surface area contributed by atoms with Crippen LogP contribution in [0.4, 0.5) is 13.2 Å². The summed E-state index contributed by atoms with van der Waals surface area (Å²) in [6, 6.07) is 3.42. The zero-order valence-electron chi connectivity index (χ0n) is 11.7. The second-order valence-electron chi connectivity index (χ2n) is 5.00. The lowest BCUT2D eigenvalue weighted by atomic mass is 9.95. The summed E-state index contributed by atoms with van der Waals surface area (Å²) in [5, 5.41) is 2.75. The first-order valence-electron chi connectivity index (χ1n) is 6.38. The van der Waals surface area contributed by atoms with Gasteiger partial charge in [0.05, 0.1) is 5.56 Å². The highest BCUT2D eigenvalue weighted by Gasteiger charge is 2.34. The molecule has 0 aromatic heterocycles. The number of amides is 1. The van der Waals surface area contributed by atoms with E-state index in [0.717, 1.165) is 6.07 Å². The fourth-order valence-corrected chi connectivity index (χ4v) is 2.65. The predicted octanol–water partition coefficient (Wildman–Crippen LogP) is 5.00. The van der Waals surface area contributed by atoms with E-state index in [2.05, 4.69) is 21.2 Å². The number of alkyl halides is 4. The van der Waals surface area contributed by atoms with Gasteiger partial charge < -0.3 is 5.32 Å². The number of benzene rings is 1. The number of hydrogen-bond donors (Lipinski definition) is 1. The third kappa shape index (κ3) is 4.88. The molecule has 1 unspecified atom stereocenters. The van der Waals surface area contributed by atoms with Crippen molar-refractivity contribution in [3.63, 3.8) is 0 Å². The molecule has 1 aromatic rings. The molecule has 0 aliphatic carbocycles. The number of carbonyl (C=O) groups is 1. The van der Waals surface area contributed by atoms with Crippen LogP contribution in [0.5, 0.6) is 0 Å². The summed E-state index contributed by atoms with van der Waals surface area (Å²) in [5.41, 5.74) is -1.44. The standard InChI is InChI=1S/C14H16BrClF3NO/c1-3-13(2,6-7-16)20-12(21)9-4-5-11(15)10(8-9)14(17,18)19/h4-5,8H,3,6-7H2,1-2H3,(H,20,21). The largest absolute Gasteiger partial charge is 0.417 e. The van der Waals surface area contributed by atoms with Crippen LogP contribution in [0, 0.1) is 0 Å². The molecule has 0 fully saturated rings. The Balaban J connectivity index is 3.04. The van der Waals surface area contributed by atoms with Gasteiger partial charge >= 0.3 is 6.18 Å². The molecule has 1 rings (SSSR count). The Kier molecular flexibility index (Phi) is 6.11. The Hall–Kier alpha value is -0.750. The van der Waals surface area contributed by atoms with Gasteiger partial charge in [0.2, 0.25) is 0 Å². The zero-order valence-corrected chi connectivity index (χ0v) is 14.0. The summed E-state index contributed by atoms with van der Waals surface area (Å²) in [6.07, 6.45) is -3.34. The first-order chi connectivity index (χ1) is 9.63. The number of nitrogens with one attached hydrogen (secondary N) is 1. The summed E-state index contributed by atoms with van der Waals surface area (Å²) in [5.74, 6) is -0.180. The minimum Gasteiger partial charge on any atom is -0.347 e. The molecule has 0 radical (unpaired) electrons. The molecule has 0 aliphatic heterocycles. The van der Waals surface area contributed by atoms with Crippen molar-refractivity contribution in [1.29, 1.82) is 0 Å². The SMILES string of the molecule is CCC(C)(CCCl)NC(=O)c1ccc(Br)c(C(F)(F)F)c1. The van der Waals surface area contributed by atoms with Crippen LogP contribution in [-0.2, 0) is 6.18 Å². The van der Waals surface area contributed by atoms with E-state index >= 15 is 0 Å². The fraction of sp³-hybridized carbons (Fsp3) is 0.500. The van der Waals surface area contributed by atoms with E-state index in [1.54, 1.807) is 0 Å². The predicted molar refractivity (Wildman–Crippen MR) is 80.6 cm³/mol. The average Bonchev–Trinajstić information content (AvgIpc) is 2.38. The van der Waals surface area contributed by atoms with E-state index in [1.165, 1.54) is 12.1 Å². The molecule has 118 valence electrons. The molecular weight excluding hydrogens is 371 g/mol. The molecule has 0 heterocycles. The zero-order chi connectivity index (χ0) is 16.3. The van der Waals surface area contributed by atoms with Crippen LogP contribution in [0.1, 0.15) is 42.6 Å². The molecular formula is C14H16BrClF3NO. The summed E-state index contributed by atoms with van der Waals surface area (Å²) in [4.78, 5) is 12.1. The molecule has 7 heteroatoms. The molecule has 0 aliphatic rings. The van der Waals surface area contributed by atoms with Crippen LogP contribution in [0.15, 0.2) is 22.7 Å². The average molecular weight is 387 g/mol. The van der Waals surface area contributed by atoms with E-state index < -0.39 is 23.2 Å². The van der Waals surface area contributed by atoms with E-state index in [0.29, 0.717) is 18.7 Å². The summed E-state index contributed by atoms with van der Waals surface area (Å²) >= 11 is 8.54. The smallest absolute Gasteiger partial charge is 0.347 e. The Bertz CT molecular complexity index is 521. The Morgan fingerprint density at radius 3 is 2.48 bits per heavy atom. The molecule has 0 saturated carbocycles. The van der Waals surface area contributed by atoms with Crippen LogP contribution >= 0.6 is 27.5 Å². The second-order valence-corrected chi connectivity index (χ2v) is 6.23. The van der Waals surface area contributed by atoms with Crippen LogP contribution in [-0.4, -0.2) is 17.3 Å². The molecule has 2 nitrogen and oxygen atoms in total. The summed E-state index contributed by atoms with van der Waals surface area (Å²) in [7, 11) is 0. The molecule has 0 bridgehead atoms. The van der Waals surface area contributed by atoms with E-state index in [4.69, 9.17) is 11.6 Å². The van der Waals surface area contributed by atoms with Gasteiger partial charge in [-0.25, -0.2) is 0 Å². The number of halogens is 5. The van der Waals surface area contributed by atoms with Crippen molar-refractivity contribution in [1.82, 2.24) is 5.32 Å². The normalized spacial score (nSPS) is 14.6. The van der Waals surface area contributed by atoms with Crippen molar-refractivity contribution in [2.45, 2.75) is 38.4 Å². The van der Waals surface area contributed by atoms with Gasteiger partial charge in [-0.3, -0.25) is 4.79 Å². The molecule has 1 amide bonds. The summed E-state index contributed by atoms with van der Waals surface area (Å²) < 4.78 is 38.4. The lowest BCUT2D eigenvalue weighted by molar-refractivity contribution is -0.138. The van der Waals surface area contributed by atoms with Crippen molar-refractivity contribution < 1.29 is 18.0 Å². The monoisotopic (exact) mass is 385 g/mol. The molecule has 21 heavy (non-hydrogen) atoms. The Labute approximate surface area is 135 Å². The molecule has 0 saturated heterocycles. The number of carbonyl (C=O) groups excluding carboxylic acids is 1. The molecule has 1 atom stereocenters. The van der Waals surface area contributed by atoms with Crippen LogP contribution in [0.25, 0.3) is 0 Å². The van der Waals surface area contributed by atoms with Gasteiger partial charge in [-0.1, -0.05) is 22.9 Å². The fourth-order valence-electron chi connectivity index (χ4n) is 1.77. The quantitative estimate of drug-likeness (QED) is 0.709. The van der Waals surface area contributed by atoms with Crippen molar-refractivity contribution in [3.05, 3.63) is 33.8 Å².